The van der Waals surface area contributed by atoms with Gasteiger partial charge in [0.05, 0.1) is 0 Å². The molecule has 10 rings (SSSR count). The minimum Gasteiger partial charge on any atom is -0.455 e. The Kier molecular flexibility index (Phi) is 6.25. The van der Waals surface area contributed by atoms with Crippen LogP contribution >= 0.6 is 0 Å². The fraction of sp³-hybridized carbons (Fsp3) is 0. The Labute approximate surface area is 284 Å². The summed E-state index contributed by atoms with van der Waals surface area (Å²) < 4.78 is 6.55. The molecule has 0 aliphatic rings. The van der Waals surface area contributed by atoms with Gasteiger partial charge >= 0.3 is 0 Å². The second-order valence-corrected chi connectivity index (χ2v) is 12.8. The van der Waals surface area contributed by atoms with E-state index in [1.54, 1.807) is 0 Å². The van der Waals surface area contributed by atoms with Crippen molar-refractivity contribution in [2.24, 2.45) is 0 Å². The van der Waals surface area contributed by atoms with E-state index in [1.165, 1.54) is 71.4 Å². The van der Waals surface area contributed by atoms with Gasteiger partial charge in [-0.15, -0.1) is 0 Å². The van der Waals surface area contributed by atoms with E-state index in [0.717, 1.165) is 27.3 Å². The molecule has 0 spiro atoms. The summed E-state index contributed by atoms with van der Waals surface area (Å²) in [5.74, 6) is 0. The van der Waals surface area contributed by atoms with Crippen LogP contribution in [-0.2, 0) is 0 Å². The highest BCUT2D eigenvalue weighted by Crippen LogP contribution is 2.46. The summed E-state index contributed by atoms with van der Waals surface area (Å²) in [6, 6.07) is 65.7. The summed E-state index contributed by atoms with van der Waals surface area (Å²) in [6.07, 6.45) is 0. The van der Waals surface area contributed by atoms with Crippen LogP contribution in [0.3, 0.4) is 0 Å². The minimum atomic E-state index is 0.909. The zero-order valence-corrected chi connectivity index (χ0v) is 26.7. The third-order valence-corrected chi connectivity index (χ3v) is 10.0. The molecule has 0 saturated heterocycles. The molecule has 1 nitrogen and oxygen atoms in total. The van der Waals surface area contributed by atoms with Crippen LogP contribution in [0.4, 0.5) is 0 Å². The Morgan fingerprint density at radius 2 is 0.816 bits per heavy atom. The highest BCUT2D eigenvalue weighted by molar-refractivity contribution is 6.22. The van der Waals surface area contributed by atoms with Crippen LogP contribution < -0.4 is 0 Å². The summed E-state index contributed by atoms with van der Waals surface area (Å²) in [4.78, 5) is 0. The Hall–Kier alpha value is -6.44. The average molecular weight is 623 g/mol. The number of hydrogen-bond donors (Lipinski definition) is 0. The highest BCUT2D eigenvalue weighted by atomic mass is 16.3. The van der Waals surface area contributed by atoms with Crippen molar-refractivity contribution >= 4 is 54.3 Å². The lowest BCUT2D eigenvalue weighted by atomic mass is 9.85. The van der Waals surface area contributed by atoms with E-state index in [2.05, 4.69) is 182 Å². The summed E-state index contributed by atoms with van der Waals surface area (Å²) >= 11 is 0. The molecule has 0 radical (unpaired) electrons. The summed E-state index contributed by atoms with van der Waals surface area (Å²) in [5.41, 5.74) is 11.6. The topological polar surface area (TPSA) is 13.1 Å². The molecule has 0 unspecified atom stereocenters. The molecule has 1 aromatic heterocycles. The lowest BCUT2D eigenvalue weighted by molar-refractivity contribution is 0.673. The van der Waals surface area contributed by atoms with E-state index < -0.39 is 0 Å². The van der Waals surface area contributed by atoms with Crippen LogP contribution in [0.5, 0.6) is 0 Å². The van der Waals surface area contributed by atoms with Gasteiger partial charge < -0.3 is 4.42 Å². The van der Waals surface area contributed by atoms with Gasteiger partial charge in [-0.3, -0.25) is 0 Å². The fourth-order valence-corrected chi connectivity index (χ4v) is 7.87. The van der Waals surface area contributed by atoms with Crippen LogP contribution in [0, 0.1) is 0 Å². The average Bonchev–Trinajstić information content (AvgIpc) is 3.57. The predicted octanol–water partition coefficient (Wildman–Crippen LogP) is 13.7. The molecule has 0 bridgehead atoms. The van der Waals surface area contributed by atoms with Gasteiger partial charge in [0.2, 0.25) is 0 Å². The van der Waals surface area contributed by atoms with Crippen molar-refractivity contribution < 1.29 is 4.42 Å². The Morgan fingerprint density at radius 3 is 1.49 bits per heavy atom. The normalized spacial score (nSPS) is 11.7. The molecule has 1 heterocycles. The first-order chi connectivity index (χ1) is 24.3. The largest absolute Gasteiger partial charge is 0.455 e. The van der Waals surface area contributed by atoms with Crippen LogP contribution in [0.2, 0.25) is 0 Å². The maximum Gasteiger partial charge on any atom is 0.143 e. The van der Waals surface area contributed by atoms with Crippen LogP contribution in [0.1, 0.15) is 0 Å². The molecule has 0 fully saturated rings. The molecule has 228 valence electrons. The number of benzene rings is 9. The molecule has 10 aromatic rings. The summed E-state index contributed by atoms with van der Waals surface area (Å²) in [5, 5.41) is 9.63. The monoisotopic (exact) mass is 622 g/mol. The van der Waals surface area contributed by atoms with Gasteiger partial charge in [0, 0.05) is 16.2 Å². The second-order valence-electron chi connectivity index (χ2n) is 12.8. The lowest BCUT2D eigenvalue weighted by Crippen LogP contribution is -1.91. The van der Waals surface area contributed by atoms with Gasteiger partial charge in [0.15, 0.2) is 0 Å². The third-order valence-electron chi connectivity index (χ3n) is 10.0. The van der Waals surface area contributed by atoms with E-state index in [-0.39, 0.29) is 0 Å². The zero-order chi connectivity index (χ0) is 32.3. The number of rotatable bonds is 4. The van der Waals surface area contributed by atoms with Crippen LogP contribution in [0.15, 0.2) is 186 Å². The van der Waals surface area contributed by atoms with Crippen molar-refractivity contribution in [3.05, 3.63) is 182 Å². The van der Waals surface area contributed by atoms with E-state index >= 15 is 0 Å². The quantitative estimate of drug-likeness (QED) is 0.178. The molecule has 0 aliphatic heterocycles. The molecule has 0 N–H and O–H groups in total. The van der Waals surface area contributed by atoms with E-state index in [9.17, 15) is 0 Å². The van der Waals surface area contributed by atoms with Crippen LogP contribution in [-0.4, -0.2) is 0 Å². The first kappa shape index (κ1) is 27.7. The molecule has 0 atom stereocenters. The van der Waals surface area contributed by atoms with E-state index in [0.29, 0.717) is 0 Å². The van der Waals surface area contributed by atoms with Crippen molar-refractivity contribution in [3.8, 4) is 44.5 Å². The second kappa shape index (κ2) is 11.1. The third kappa shape index (κ3) is 4.40. The first-order valence-electron chi connectivity index (χ1n) is 16.8. The predicted molar refractivity (Wildman–Crippen MR) is 208 cm³/mol. The molecule has 0 saturated carbocycles. The lowest BCUT2D eigenvalue weighted by Gasteiger charge is -2.18. The van der Waals surface area contributed by atoms with Gasteiger partial charge in [-0.2, -0.15) is 0 Å². The van der Waals surface area contributed by atoms with Crippen molar-refractivity contribution in [2.45, 2.75) is 0 Å². The van der Waals surface area contributed by atoms with Crippen molar-refractivity contribution in [1.82, 2.24) is 0 Å². The maximum absolute atomic E-state index is 6.55. The van der Waals surface area contributed by atoms with E-state index in [1.807, 2.05) is 0 Å². The molecular weight excluding hydrogens is 593 g/mol. The zero-order valence-electron chi connectivity index (χ0n) is 26.7. The molecule has 1 heteroatoms. The van der Waals surface area contributed by atoms with E-state index in [4.69, 9.17) is 4.42 Å². The highest BCUT2D eigenvalue weighted by Gasteiger charge is 2.19. The maximum atomic E-state index is 6.55. The van der Waals surface area contributed by atoms with Crippen molar-refractivity contribution in [2.75, 3.05) is 0 Å². The van der Waals surface area contributed by atoms with Gasteiger partial charge in [-0.1, -0.05) is 158 Å². The fourth-order valence-electron chi connectivity index (χ4n) is 7.87. The summed E-state index contributed by atoms with van der Waals surface area (Å²) in [7, 11) is 0. The van der Waals surface area contributed by atoms with Gasteiger partial charge in [-0.25, -0.2) is 0 Å². The number of fused-ring (bicyclic) bond motifs is 7. The number of hydrogen-bond acceptors (Lipinski definition) is 1. The molecule has 49 heavy (non-hydrogen) atoms. The Balaban J connectivity index is 1.20. The molecule has 0 aliphatic carbocycles. The Morgan fingerprint density at radius 1 is 0.306 bits per heavy atom. The van der Waals surface area contributed by atoms with Gasteiger partial charge in [0.1, 0.15) is 11.2 Å². The Bertz CT molecular complexity index is 2820. The first-order valence-corrected chi connectivity index (χ1v) is 16.8. The minimum absolute atomic E-state index is 0.909. The van der Waals surface area contributed by atoms with Crippen molar-refractivity contribution in [3.63, 3.8) is 0 Å². The smallest absolute Gasteiger partial charge is 0.143 e. The van der Waals surface area contributed by atoms with Gasteiger partial charge in [0.25, 0.3) is 0 Å². The molecular formula is C48H30O. The SMILES string of the molecule is c1ccc(-c2cccc(-c3c4ccccc4c(-c4cccc(-c5cccc6oc7c8ccccc8ccc7c56)c4)c4ccccc34)c2)cc1. The number of furan rings is 1. The standard InChI is InChI=1S/C48H30O/c1-2-13-31(14-3-1)33-16-10-18-35(29-33)45-39-21-6-8-23-41(39)46(42-24-9-7-22-40(42)45)36-19-11-17-34(30-36)37-25-12-26-44-47(37)43-28-27-32-15-4-5-20-38(32)48(43)49-44/h1-30H. The van der Waals surface area contributed by atoms with Crippen LogP contribution in [0.25, 0.3) is 98.8 Å². The van der Waals surface area contributed by atoms with Gasteiger partial charge in [-0.05, 0) is 95.7 Å². The van der Waals surface area contributed by atoms with Crippen molar-refractivity contribution in [1.29, 1.82) is 0 Å². The molecule has 9 aromatic carbocycles. The molecule has 0 amide bonds. The summed E-state index contributed by atoms with van der Waals surface area (Å²) in [6.45, 7) is 0.